The van der Waals surface area contributed by atoms with Gasteiger partial charge in [-0.2, -0.15) is 0 Å². The molecule has 0 aliphatic carbocycles. The number of aliphatic hydroxyl groups is 1. The normalized spacial score (nSPS) is 13.2. The first-order chi connectivity index (χ1) is 6.22. The van der Waals surface area contributed by atoms with E-state index < -0.39 is 0 Å². The Morgan fingerprint density at radius 2 is 2.31 bits per heavy atom. The van der Waals surface area contributed by atoms with E-state index in [4.69, 9.17) is 0 Å². The molecule has 0 saturated carbocycles. The van der Waals surface area contributed by atoms with Gasteiger partial charge < -0.3 is 5.11 Å². The Morgan fingerprint density at radius 3 is 2.85 bits per heavy atom. The molecule has 1 aromatic rings. The number of rotatable bonds is 5. The van der Waals surface area contributed by atoms with Crippen LogP contribution in [0.4, 0.5) is 0 Å². The average Bonchev–Trinajstić information content (AvgIpc) is 2.48. The molecule has 1 atom stereocenters. The summed E-state index contributed by atoms with van der Waals surface area (Å²) in [5.74, 6) is 0. The highest BCUT2D eigenvalue weighted by atomic mass is 79.9. The van der Waals surface area contributed by atoms with E-state index in [1.807, 2.05) is 6.07 Å². The predicted octanol–water partition coefficient (Wildman–Crippen LogP) is 3.60. The number of hydrogen-bond acceptors (Lipinski definition) is 2. The Hall–Kier alpha value is 0.140. The molecule has 1 rings (SSSR count). The molecule has 0 radical (unpaired) electrons. The van der Waals surface area contributed by atoms with Gasteiger partial charge in [0.25, 0.3) is 0 Å². The zero-order chi connectivity index (χ0) is 9.68. The van der Waals surface area contributed by atoms with E-state index in [0.717, 1.165) is 29.5 Å². The van der Waals surface area contributed by atoms with Crippen molar-refractivity contribution in [2.24, 2.45) is 0 Å². The average molecular weight is 263 g/mol. The molecular formula is C10H15BrOS. The Kier molecular flexibility index (Phi) is 4.99. The van der Waals surface area contributed by atoms with Crippen molar-refractivity contribution in [1.29, 1.82) is 0 Å². The van der Waals surface area contributed by atoms with Crippen LogP contribution in [-0.2, 0) is 6.42 Å². The van der Waals surface area contributed by atoms with Crippen LogP contribution in [0.3, 0.4) is 0 Å². The monoisotopic (exact) mass is 262 g/mol. The second kappa shape index (κ2) is 5.78. The number of hydrogen-bond donors (Lipinski definition) is 1. The van der Waals surface area contributed by atoms with E-state index in [0.29, 0.717) is 0 Å². The van der Waals surface area contributed by atoms with Gasteiger partial charge in [-0.05, 0) is 34.5 Å². The molecule has 1 heterocycles. The topological polar surface area (TPSA) is 20.2 Å². The van der Waals surface area contributed by atoms with Crippen molar-refractivity contribution in [2.75, 3.05) is 0 Å². The highest BCUT2D eigenvalue weighted by Crippen LogP contribution is 2.23. The van der Waals surface area contributed by atoms with Gasteiger partial charge in [-0.1, -0.05) is 19.8 Å². The third kappa shape index (κ3) is 4.25. The zero-order valence-corrected chi connectivity index (χ0v) is 10.2. The van der Waals surface area contributed by atoms with E-state index in [-0.39, 0.29) is 6.10 Å². The quantitative estimate of drug-likeness (QED) is 0.860. The minimum atomic E-state index is -0.162. The Labute approximate surface area is 91.9 Å². The lowest BCUT2D eigenvalue weighted by atomic mass is 10.1. The summed E-state index contributed by atoms with van der Waals surface area (Å²) < 4.78 is 1.14. The van der Waals surface area contributed by atoms with E-state index in [1.165, 1.54) is 4.88 Å². The van der Waals surface area contributed by atoms with E-state index in [1.54, 1.807) is 11.3 Å². The van der Waals surface area contributed by atoms with E-state index in [2.05, 4.69) is 28.9 Å². The highest BCUT2D eigenvalue weighted by Gasteiger charge is 2.06. The van der Waals surface area contributed by atoms with Crippen LogP contribution in [-0.4, -0.2) is 11.2 Å². The Morgan fingerprint density at radius 1 is 1.54 bits per heavy atom. The smallest absolute Gasteiger partial charge is 0.0701 e. The fourth-order valence-electron chi connectivity index (χ4n) is 1.24. The van der Waals surface area contributed by atoms with Crippen LogP contribution in [0.25, 0.3) is 0 Å². The lowest BCUT2D eigenvalue weighted by Crippen LogP contribution is -2.08. The first kappa shape index (κ1) is 11.2. The molecule has 0 aromatic carbocycles. The molecule has 0 spiro atoms. The maximum absolute atomic E-state index is 9.63. The summed E-state index contributed by atoms with van der Waals surface area (Å²) in [6.45, 7) is 2.15. The molecule has 1 nitrogen and oxygen atoms in total. The van der Waals surface area contributed by atoms with Gasteiger partial charge in [-0.25, -0.2) is 0 Å². The Bertz CT molecular complexity index is 247. The molecule has 0 aliphatic heterocycles. The molecule has 0 fully saturated rings. The van der Waals surface area contributed by atoms with Gasteiger partial charge in [0.05, 0.1) is 9.89 Å². The van der Waals surface area contributed by atoms with Gasteiger partial charge in [-0.15, -0.1) is 11.3 Å². The lowest BCUT2D eigenvalue weighted by Gasteiger charge is -2.07. The maximum Gasteiger partial charge on any atom is 0.0701 e. The fourth-order valence-corrected chi connectivity index (χ4v) is 2.79. The Balaban J connectivity index is 2.31. The van der Waals surface area contributed by atoms with Crippen LogP contribution in [0.2, 0.25) is 0 Å². The SMILES string of the molecule is CCCCC(O)Cc1ccc(Br)s1. The number of unbranched alkanes of at least 4 members (excludes halogenated alkanes) is 1. The molecule has 0 bridgehead atoms. The molecule has 0 aliphatic rings. The summed E-state index contributed by atoms with van der Waals surface area (Å²) in [6.07, 6.45) is 3.84. The second-order valence-electron chi connectivity index (χ2n) is 3.21. The van der Waals surface area contributed by atoms with Crippen molar-refractivity contribution in [3.8, 4) is 0 Å². The van der Waals surface area contributed by atoms with Crippen LogP contribution in [0, 0.1) is 0 Å². The number of thiophene rings is 1. The zero-order valence-electron chi connectivity index (χ0n) is 7.79. The van der Waals surface area contributed by atoms with Crippen LogP contribution in [0.15, 0.2) is 15.9 Å². The molecule has 74 valence electrons. The standard InChI is InChI=1S/C10H15BrOS/c1-2-3-4-8(12)7-9-5-6-10(11)13-9/h5-6,8,12H,2-4,7H2,1H3. The number of halogens is 1. The lowest BCUT2D eigenvalue weighted by molar-refractivity contribution is 0.162. The van der Waals surface area contributed by atoms with Gasteiger partial charge in [0.1, 0.15) is 0 Å². The van der Waals surface area contributed by atoms with Crippen molar-refractivity contribution < 1.29 is 5.11 Å². The van der Waals surface area contributed by atoms with Gasteiger partial charge >= 0.3 is 0 Å². The molecule has 13 heavy (non-hydrogen) atoms. The van der Waals surface area contributed by atoms with Crippen LogP contribution < -0.4 is 0 Å². The van der Waals surface area contributed by atoms with Crippen LogP contribution in [0.5, 0.6) is 0 Å². The minimum Gasteiger partial charge on any atom is -0.393 e. The summed E-state index contributed by atoms with van der Waals surface area (Å²) in [5, 5.41) is 9.63. The molecule has 1 unspecified atom stereocenters. The molecule has 0 amide bonds. The van der Waals surface area contributed by atoms with E-state index >= 15 is 0 Å². The van der Waals surface area contributed by atoms with Gasteiger partial charge in [-0.3, -0.25) is 0 Å². The molecule has 3 heteroatoms. The summed E-state index contributed by atoms with van der Waals surface area (Å²) >= 11 is 5.12. The van der Waals surface area contributed by atoms with Crippen molar-refractivity contribution in [2.45, 2.75) is 38.7 Å². The van der Waals surface area contributed by atoms with Crippen molar-refractivity contribution in [1.82, 2.24) is 0 Å². The third-order valence-electron chi connectivity index (χ3n) is 1.96. The number of aliphatic hydroxyl groups excluding tert-OH is 1. The van der Waals surface area contributed by atoms with Gasteiger partial charge in [0.2, 0.25) is 0 Å². The maximum atomic E-state index is 9.63. The largest absolute Gasteiger partial charge is 0.393 e. The minimum absolute atomic E-state index is 0.162. The van der Waals surface area contributed by atoms with Gasteiger partial charge in [0, 0.05) is 11.3 Å². The molecular weight excluding hydrogens is 248 g/mol. The first-order valence-electron chi connectivity index (χ1n) is 4.64. The summed E-state index contributed by atoms with van der Waals surface area (Å²) in [6, 6.07) is 4.11. The summed E-state index contributed by atoms with van der Waals surface area (Å²) in [4.78, 5) is 1.26. The van der Waals surface area contributed by atoms with E-state index in [9.17, 15) is 5.11 Å². The summed E-state index contributed by atoms with van der Waals surface area (Å²) in [5.41, 5.74) is 0. The predicted molar refractivity (Wildman–Crippen MR) is 61.3 cm³/mol. The second-order valence-corrected chi connectivity index (χ2v) is 5.75. The van der Waals surface area contributed by atoms with Gasteiger partial charge in [0.15, 0.2) is 0 Å². The fraction of sp³-hybridized carbons (Fsp3) is 0.600. The molecule has 0 saturated heterocycles. The first-order valence-corrected chi connectivity index (χ1v) is 6.25. The summed E-state index contributed by atoms with van der Waals surface area (Å²) in [7, 11) is 0. The van der Waals surface area contributed by atoms with Crippen molar-refractivity contribution in [3.05, 3.63) is 20.8 Å². The molecule has 1 N–H and O–H groups in total. The third-order valence-corrected chi connectivity index (χ3v) is 3.60. The van der Waals surface area contributed by atoms with Crippen molar-refractivity contribution >= 4 is 27.3 Å². The van der Waals surface area contributed by atoms with Crippen LogP contribution >= 0.6 is 27.3 Å². The highest BCUT2D eigenvalue weighted by molar-refractivity contribution is 9.11. The van der Waals surface area contributed by atoms with Crippen molar-refractivity contribution in [3.63, 3.8) is 0 Å². The van der Waals surface area contributed by atoms with Crippen LogP contribution in [0.1, 0.15) is 31.1 Å². The molecule has 1 aromatic heterocycles.